The minimum Gasteiger partial charge on any atom is -0.384 e. The lowest BCUT2D eigenvalue weighted by Gasteiger charge is -2.12. The van der Waals surface area contributed by atoms with Crippen molar-refractivity contribution in [3.8, 4) is 11.1 Å². The van der Waals surface area contributed by atoms with E-state index < -0.39 is 0 Å². The minimum atomic E-state index is -0.249. The number of carbonyl (C=O) groups excluding carboxylic acids is 2. The number of benzene rings is 2. The Kier molecular flexibility index (Phi) is 5.48. The molecule has 2 amide bonds. The molecule has 3 aromatic rings. The van der Waals surface area contributed by atoms with E-state index >= 15 is 0 Å². The Bertz CT molecular complexity index is 1090. The molecule has 0 unspecified atom stereocenters. The number of nitrogens with one attached hydrogen (secondary N) is 2. The van der Waals surface area contributed by atoms with E-state index in [2.05, 4.69) is 15.6 Å². The van der Waals surface area contributed by atoms with Crippen LogP contribution in [0.1, 0.15) is 39.1 Å². The first-order valence-corrected chi connectivity index (χ1v) is 10.0. The molecule has 0 bridgehead atoms. The van der Waals surface area contributed by atoms with Crippen LogP contribution in [0.5, 0.6) is 0 Å². The zero-order chi connectivity index (χ0) is 21.1. The molecule has 4 N–H and O–H groups in total. The van der Waals surface area contributed by atoms with Crippen LogP contribution in [0.4, 0.5) is 11.5 Å². The number of rotatable bonds is 6. The summed E-state index contributed by atoms with van der Waals surface area (Å²) in [6.45, 7) is 2.77. The first kappa shape index (κ1) is 19.6. The Morgan fingerprint density at radius 3 is 2.47 bits per heavy atom. The van der Waals surface area contributed by atoms with Gasteiger partial charge in [-0.3, -0.25) is 9.59 Å². The number of nitrogens with two attached hydrogens (primary N) is 1. The quantitative estimate of drug-likeness (QED) is 0.582. The zero-order valence-electron chi connectivity index (χ0n) is 16.8. The molecule has 1 aliphatic carbocycles. The van der Waals surface area contributed by atoms with Gasteiger partial charge in [-0.1, -0.05) is 18.2 Å². The molecule has 1 aliphatic rings. The number of pyridine rings is 1. The molecule has 2 aromatic carbocycles. The van der Waals surface area contributed by atoms with Crippen LogP contribution in [0.2, 0.25) is 0 Å². The van der Waals surface area contributed by atoms with Crippen molar-refractivity contribution in [2.24, 2.45) is 5.92 Å². The number of hydrogen-bond donors (Lipinski definition) is 3. The van der Waals surface area contributed by atoms with Gasteiger partial charge in [0.05, 0.1) is 0 Å². The van der Waals surface area contributed by atoms with Gasteiger partial charge in [0.2, 0.25) is 0 Å². The average molecular weight is 400 g/mol. The van der Waals surface area contributed by atoms with Gasteiger partial charge >= 0.3 is 0 Å². The van der Waals surface area contributed by atoms with E-state index in [9.17, 15) is 9.59 Å². The van der Waals surface area contributed by atoms with E-state index in [1.165, 1.54) is 25.1 Å². The molecule has 152 valence electrons. The van der Waals surface area contributed by atoms with E-state index in [1.54, 1.807) is 6.07 Å². The Balaban J connectivity index is 1.49. The van der Waals surface area contributed by atoms with Gasteiger partial charge in [0, 0.05) is 29.6 Å². The molecule has 30 heavy (non-hydrogen) atoms. The second-order valence-electron chi connectivity index (χ2n) is 7.68. The van der Waals surface area contributed by atoms with Crippen molar-refractivity contribution in [1.82, 2.24) is 10.3 Å². The third kappa shape index (κ3) is 4.66. The first-order valence-electron chi connectivity index (χ1n) is 10.0. The van der Waals surface area contributed by atoms with Crippen molar-refractivity contribution >= 4 is 23.3 Å². The maximum atomic E-state index is 12.5. The monoisotopic (exact) mass is 400 g/mol. The van der Waals surface area contributed by atoms with Crippen molar-refractivity contribution in [3.05, 3.63) is 77.5 Å². The fourth-order valence-corrected chi connectivity index (χ4v) is 3.27. The van der Waals surface area contributed by atoms with Crippen LogP contribution in [-0.4, -0.2) is 23.3 Å². The Labute approximate surface area is 175 Å². The van der Waals surface area contributed by atoms with E-state index in [4.69, 9.17) is 5.73 Å². The van der Waals surface area contributed by atoms with Crippen molar-refractivity contribution in [3.63, 3.8) is 0 Å². The number of nitrogens with zero attached hydrogens (tertiary/aromatic N) is 1. The Morgan fingerprint density at radius 2 is 1.77 bits per heavy atom. The number of carbonyl (C=O) groups is 2. The number of nitrogen functional groups attached to an aromatic ring is 1. The molecule has 6 nitrogen and oxygen atoms in total. The van der Waals surface area contributed by atoms with Crippen LogP contribution in [0, 0.1) is 12.8 Å². The number of amides is 2. The van der Waals surface area contributed by atoms with E-state index in [0.29, 0.717) is 28.6 Å². The molecule has 1 fully saturated rings. The summed E-state index contributed by atoms with van der Waals surface area (Å²) in [4.78, 5) is 28.7. The molecular weight excluding hydrogens is 376 g/mol. The third-order valence-electron chi connectivity index (χ3n) is 5.25. The van der Waals surface area contributed by atoms with Gasteiger partial charge in [-0.25, -0.2) is 4.98 Å². The smallest absolute Gasteiger partial charge is 0.255 e. The van der Waals surface area contributed by atoms with Crippen LogP contribution in [0.15, 0.2) is 60.8 Å². The molecule has 0 saturated heterocycles. The van der Waals surface area contributed by atoms with E-state index in [1.807, 2.05) is 49.4 Å². The third-order valence-corrected chi connectivity index (χ3v) is 5.25. The molecule has 0 atom stereocenters. The second-order valence-corrected chi connectivity index (χ2v) is 7.68. The van der Waals surface area contributed by atoms with Crippen LogP contribution in [0.3, 0.4) is 0 Å². The first-order chi connectivity index (χ1) is 14.5. The van der Waals surface area contributed by atoms with E-state index in [-0.39, 0.29) is 11.8 Å². The summed E-state index contributed by atoms with van der Waals surface area (Å²) < 4.78 is 0. The topological polar surface area (TPSA) is 97.1 Å². The molecule has 4 rings (SSSR count). The summed E-state index contributed by atoms with van der Waals surface area (Å²) in [5.41, 5.74) is 10.5. The predicted molar refractivity (Wildman–Crippen MR) is 118 cm³/mol. The summed E-state index contributed by atoms with van der Waals surface area (Å²) >= 11 is 0. The molecule has 1 aromatic heterocycles. The number of hydrogen-bond acceptors (Lipinski definition) is 4. The largest absolute Gasteiger partial charge is 0.384 e. The standard InChI is InChI=1S/C24H24N4O2/c1-15-2-9-20(28-24(30)19-10-11-26-22(25)12-19)13-21(15)17-5-7-18(8-6-17)23(29)27-14-16-3-4-16/h2,5-13,16H,3-4,14H2,1H3,(H2,25,26)(H,27,29)(H,28,30). The zero-order valence-corrected chi connectivity index (χ0v) is 16.8. The van der Waals surface area contributed by atoms with Crippen molar-refractivity contribution in [2.45, 2.75) is 19.8 Å². The highest BCUT2D eigenvalue weighted by molar-refractivity contribution is 6.05. The van der Waals surface area contributed by atoms with Crippen molar-refractivity contribution < 1.29 is 9.59 Å². The van der Waals surface area contributed by atoms with Gasteiger partial charge in [0.15, 0.2) is 0 Å². The summed E-state index contributed by atoms with van der Waals surface area (Å²) in [6, 6.07) is 16.4. The maximum Gasteiger partial charge on any atom is 0.255 e. The number of anilines is 2. The fourth-order valence-electron chi connectivity index (χ4n) is 3.27. The molecule has 0 spiro atoms. The number of aryl methyl sites for hydroxylation is 1. The van der Waals surface area contributed by atoms with Gasteiger partial charge in [-0.15, -0.1) is 0 Å². The van der Waals surface area contributed by atoms with Gasteiger partial charge in [0.25, 0.3) is 11.8 Å². The van der Waals surface area contributed by atoms with Gasteiger partial charge in [-0.2, -0.15) is 0 Å². The highest BCUT2D eigenvalue weighted by atomic mass is 16.2. The summed E-state index contributed by atoms with van der Waals surface area (Å²) in [7, 11) is 0. The molecule has 1 saturated carbocycles. The van der Waals surface area contributed by atoms with Crippen LogP contribution >= 0.6 is 0 Å². The minimum absolute atomic E-state index is 0.0391. The molecular formula is C24H24N4O2. The average Bonchev–Trinajstić information content (AvgIpc) is 3.58. The van der Waals surface area contributed by atoms with Crippen LogP contribution < -0.4 is 16.4 Å². The Hall–Kier alpha value is -3.67. The van der Waals surface area contributed by atoms with Gasteiger partial charge in [0.1, 0.15) is 5.82 Å². The lowest BCUT2D eigenvalue weighted by molar-refractivity contribution is 0.0951. The maximum absolute atomic E-state index is 12.5. The fraction of sp³-hybridized carbons (Fsp3) is 0.208. The molecule has 0 aliphatic heterocycles. The van der Waals surface area contributed by atoms with Crippen molar-refractivity contribution in [2.75, 3.05) is 17.6 Å². The SMILES string of the molecule is Cc1ccc(NC(=O)c2ccnc(N)c2)cc1-c1ccc(C(=O)NCC2CC2)cc1. The Morgan fingerprint density at radius 1 is 1.00 bits per heavy atom. The lowest BCUT2D eigenvalue weighted by atomic mass is 9.98. The normalized spacial score (nSPS) is 13.0. The number of aromatic nitrogens is 1. The van der Waals surface area contributed by atoms with Crippen molar-refractivity contribution in [1.29, 1.82) is 0 Å². The molecule has 6 heteroatoms. The summed E-state index contributed by atoms with van der Waals surface area (Å²) in [6.07, 6.45) is 3.92. The lowest BCUT2D eigenvalue weighted by Crippen LogP contribution is -2.25. The van der Waals surface area contributed by atoms with Crippen LogP contribution in [-0.2, 0) is 0 Å². The predicted octanol–water partition coefficient (Wildman–Crippen LogP) is 4.03. The summed E-state index contributed by atoms with van der Waals surface area (Å²) in [5, 5.41) is 5.88. The van der Waals surface area contributed by atoms with Gasteiger partial charge < -0.3 is 16.4 Å². The molecule has 0 radical (unpaired) electrons. The highest BCUT2D eigenvalue weighted by Crippen LogP contribution is 2.28. The van der Waals surface area contributed by atoms with Gasteiger partial charge in [-0.05, 0) is 78.8 Å². The molecule has 1 heterocycles. The highest BCUT2D eigenvalue weighted by Gasteiger charge is 2.21. The second kappa shape index (κ2) is 8.37. The van der Waals surface area contributed by atoms with Crippen LogP contribution in [0.25, 0.3) is 11.1 Å². The summed E-state index contributed by atoms with van der Waals surface area (Å²) in [5.74, 6) is 0.662. The van der Waals surface area contributed by atoms with E-state index in [0.717, 1.165) is 23.2 Å².